The van der Waals surface area contributed by atoms with Crippen molar-refractivity contribution in [1.29, 1.82) is 0 Å². The maximum Gasteiger partial charge on any atom is 0.411 e. The zero-order chi connectivity index (χ0) is 22.0. The molecule has 0 atom stereocenters. The standard InChI is InChI=1S/C23H17Cl3N2O3/c24-18-5-1-16(2-6-18)4-8-21(29)27-11-9-23(10-12-27)15-28(22(30)31-23)14-17-3-7-19(25)20(26)13-17/h1-13H,14-15H2/b8-4+. The monoisotopic (exact) mass is 474 g/mol. The zero-order valence-electron chi connectivity index (χ0n) is 16.2. The molecule has 31 heavy (non-hydrogen) atoms. The lowest BCUT2D eigenvalue weighted by molar-refractivity contribution is -0.121. The van der Waals surface area contributed by atoms with Gasteiger partial charge in [-0.05, 0) is 53.6 Å². The van der Waals surface area contributed by atoms with Crippen LogP contribution >= 0.6 is 34.8 Å². The van der Waals surface area contributed by atoms with Crippen LogP contribution in [0.3, 0.4) is 0 Å². The van der Waals surface area contributed by atoms with Crippen LogP contribution in [-0.2, 0) is 16.1 Å². The maximum absolute atomic E-state index is 12.4. The summed E-state index contributed by atoms with van der Waals surface area (Å²) in [5, 5.41) is 1.52. The van der Waals surface area contributed by atoms with Gasteiger partial charge in [0.05, 0.1) is 16.6 Å². The fourth-order valence-electron chi connectivity index (χ4n) is 3.27. The van der Waals surface area contributed by atoms with Crippen LogP contribution in [0.2, 0.25) is 15.1 Å². The van der Waals surface area contributed by atoms with Crippen LogP contribution in [0.5, 0.6) is 0 Å². The van der Waals surface area contributed by atoms with E-state index in [4.69, 9.17) is 39.5 Å². The largest absolute Gasteiger partial charge is 0.432 e. The van der Waals surface area contributed by atoms with Crippen molar-refractivity contribution in [2.75, 3.05) is 6.54 Å². The van der Waals surface area contributed by atoms with Gasteiger partial charge in [-0.2, -0.15) is 0 Å². The van der Waals surface area contributed by atoms with Crippen molar-refractivity contribution in [2.45, 2.75) is 12.1 Å². The van der Waals surface area contributed by atoms with Gasteiger partial charge in [0.1, 0.15) is 0 Å². The molecule has 0 bridgehead atoms. The minimum absolute atomic E-state index is 0.228. The third-order valence-corrected chi connectivity index (χ3v) is 5.90. The number of rotatable bonds is 4. The minimum Gasteiger partial charge on any atom is -0.432 e. The summed E-state index contributed by atoms with van der Waals surface area (Å²) in [5.41, 5.74) is 0.794. The zero-order valence-corrected chi connectivity index (χ0v) is 18.4. The van der Waals surface area contributed by atoms with Crippen molar-refractivity contribution in [3.05, 3.63) is 99.3 Å². The summed E-state index contributed by atoms with van der Waals surface area (Å²) < 4.78 is 5.58. The minimum atomic E-state index is -0.913. The molecule has 1 saturated heterocycles. The molecule has 2 amide bonds. The van der Waals surface area contributed by atoms with Gasteiger partial charge in [0.15, 0.2) is 5.60 Å². The van der Waals surface area contributed by atoms with Gasteiger partial charge in [-0.15, -0.1) is 0 Å². The first-order chi connectivity index (χ1) is 14.8. The van der Waals surface area contributed by atoms with Crippen LogP contribution in [0, 0.1) is 0 Å². The Morgan fingerprint density at radius 1 is 1.03 bits per heavy atom. The number of halogens is 3. The predicted molar refractivity (Wildman–Crippen MR) is 122 cm³/mol. The SMILES string of the molecule is O=C(/C=C/c1ccc(Cl)cc1)N1C=CC2(C=C1)CN(Cc1ccc(Cl)c(Cl)c1)C(=O)O2. The van der Waals surface area contributed by atoms with E-state index in [-0.39, 0.29) is 5.91 Å². The Balaban J connectivity index is 1.39. The van der Waals surface area contributed by atoms with Crippen molar-refractivity contribution < 1.29 is 14.3 Å². The molecule has 5 nitrogen and oxygen atoms in total. The molecule has 0 saturated carbocycles. The summed E-state index contributed by atoms with van der Waals surface area (Å²) >= 11 is 17.9. The van der Waals surface area contributed by atoms with Crippen LogP contribution in [0.1, 0.15) is 11.1 Å². The highest BCUT2D eigenvalue weighted by Crippen LogP contribution is 2.31. The molecule has 8 heteroatoms. The first-order valence-electron chi connectivity index (χ1n) is 9.40. The maximum atomic E-state index is 12.4. The van der Waals surface area contributed by atoms with Crippen LogP contribution in [0.25, 0.3) is 6.08 Å². The van der Waals surface area contributed by atoms with Crippen LogP contribution < -0.4 is 0 Å². The molecule has 2 aliphatic heterocycles. The third kappa shape index (κ3) is 4.96. The molecular formula is C23H17Cl3N2O3. The highest BCUT2D eigenvalue weighted by atomic mass is 35.5. The van der Waals surface area contributed by atoms with E-state index in [0.29, 0.717) is 28.2 Å². The molecule has 0 radical (unpaired) electrons. The van der Waals surface area contributed by atoms with Crippen molar-refractivity contribution in [3.63, 3.8) is 0 Å². The lowest BCUT2D eigenvalue weighted by atomic mass is 10.0. The molecule has 2 aromatic rings. The summed E-state index contributed by atoms with van der Waals surface area (Å²) in [7, 11) is 0. The summed E-state index contributed by atoms with van der Waals surface area (Å²) in [5.74, 6) is -0.228. The lowest BCUT2D eigenvalue weighted by Gasteiger charge is -2.25. The van der Waals surface area contributed by atoms with E-state index in [1.165, 1.54) is 11.0 Å². The van der Waals surface area contributed by atoms with Gasteiger partial charge in [0.25, 0.3) is 5.91 Å². The molecule has 1 spiro atoms. The molecule has 1 fully saturated rings. The first kappa shape index (κ1) is 21.5. The van der Waals surface area contributed by atoms with Crippen molar-refractivity contribution in [2.24, 2.45) is 0 Å². The molecular weight excluding hydrogens is 459 g/mol. The topological polar surface area (TPSA) is 49.9 Å². The van der Waals surface area contributed by atoms with Gasteiger partial charge in [-0.1, -0.05) is 53.0 Å². The normalized spacial score (nSPS) is 17.1. The third-order valence-electron chi connectivity index (χ3n) is 4.91. The number of hydrogen-bond acceptors (Lipinski definition) is 3. The predicted octanol–water partition coefficient (Wildman–Crippen LogP) is 5.92. The number of nitrogens with zero attached hydrogens (tertiary/aromatic N) is 2. The van der Waals surface area contributed by atoms with Crippen LogP contribution in [-0.4, -0.2) is 33.9 Å². The highest BCUT2D eigenvalue weighted by Gasteiger charge is 2.43. The molecule has 2 aliphatic rings. The van der Waals surface area contributed by atoms with E-state index in [1.807, 2.05) is 18.2 Å². The Morgan fingerprint density at radius 2 is 1.74 bits per heavy atom. The fourth-order valence-corrected chi connectivity index (χ4v) is 3.71. The van der Waals surface area contributed by atoms with E-state index in [2.05, 4.69) is 0 Å². The second-order valence-electron chi connectivity index (χ2n) is 7.19. The fraction of sp³-hybridized carbons (Fsp3) is 0.130. The van der Waals surface area contributed by atoms with Crippen LogP contribution in [0.15, 0.2) is 73.1 Å². The summed E-state index contributed by atoms with van der Waals surface area (Å²) in [6.07, 6.45) is 9.34. The van der Waals surface area contributed by atoms with Crippen molar-refractivity contribution >= 4 is 52.9 Å². The average Bonchev–Trinajstić information content (AvgIpc) is 3.05. The Kier molecular flexibility index (Phi) is 6.10. The smallest absolute Gasteiger partial charge is 0.411 e. The number of carbonyl (C=O) groups is 2. The lowest BCUT2D eigenvalue weighted by Crippen LogP contribution is -2.34. The number of amides is 2. The molecule has 0 aliphatic carbocycles. The molecule has 2 aromatic carbocycles. The second kappa shape index (κ2) is 8.79. The van der Waals surface area contributed by atoms with Crippen molar-refractivity contribution in [3.8, 4) is 0 Å². The van der Waals surface area contributed by atoms with Gasteiger partial charge in [0, 0.05) is 30.0 Å². The van der Waals surface area contributed by atoms with E-state index in [0.717, 1.165) is 11.1 Å². The van der Waals surface area contributed by atoms with E-state index in [1.54, 1.807) is 59.8 Å². The quantitative estimate of drug-likeness (QED) is 0.516. The Labute approximate surface area is 194 Å². The van der Waals surface area contributed by atoms with E-state index >= 15 is 0 Å². The molecule has 0 N–H and O–H groups in total. The molecule has 2 heterocycles. The van der Waals surface area contributed by atoms with Gasteiger partial charge in [-0.25, -0.2) is 4.79 Å². The van der Waals surface area contributed by atoms with E-state index in [9.17, 15) is 9.59 Å². The number of hydrogen-bond donors (Lipinski definition) is 0. The second-order valence-corrected chi connectivity index (χ2v) is 8.44. The van der Waals surface area contributed by atoms with Gasteiger partial charge < -0.3 is 4.74 Å². The van der Waals surface area contributed by atoms with Crippen LogP contribution in [0.4, 0.5) is 4.79 Å². The number of carbonyl (C=O) groups excluding carboxylic acids is 2. The number of ether oxygens (including phenoxy) is 1. The van der Waals surface area contributed by atoms with Gasteiger partial charge in [0.2, 0.25) is 0 Å². The summed E-state index contributed by atoms with van der Waals surface area (Å²) in [4.78, 5) is 27.8. The Morgan fingerprint density at radius 3 is 2.42 bits per heavy atom. The highest BCUT2D eigenvalue weighted by molar-refractivity contribution is 6.42. The summed E-state index contributed by atoms with van der Waals surface area (Å²) in [6.45, 7) is 0.660. The van der Waals surface area contributed by atoms with Gasteiger partial charge in [-0.3, -0.25) is 14.6 Å². The number of benzene rings is 2. The average molecular weight is 476 g/mol. The van der Waals surface area contributed by atoms with Gasteiger partial charge >= 0.3 is 6.09 Å². The molecule has 0 unspecified atom stereocenters. The Bertz CT molecular complexity index is 1100. The Hall–Kier alpha value is -2.73. The van der Waals surface area contributed by atoms with E-state index < -0.39 is 11.7 Å². The molecule has 4 rings (SSSR count). The molecule has 158 valence electrons. The first-order valence-corrected chi connectivity index (χ1v) is 10.5. The molecule has 0 aromatic heterocycles. The summed E-state index contributed by atoms with van der Waals surface area (Å²) in [6, 6.07) is 12.4. The van der Waals surface area contributed by atoms with Crippen molar-refractivity contribution in [1.82, 2.24) is 9.80 Å².